The minimum absolute atomic E-state index is 0.0277. The number of nitrogens with zero attached hydrogens (tertiary/aromatic N) is 1. The van der Waals surface area contributed by atoms with Gasteiger partial charge in [0.05, 0.1) is 17.9 Å². The zero-order chi connectivity index (χ0) is 17.0. The molecule has 6 heteroatoms. The lowest BCUT2D eigenvalue weighted by atomic mass is 9.96. The predicted octanol–water partition coefficient (Wildman–Crippen LogP) is 1.83. The SMILES string of the molecule is CC(=O)N1C(=O)/C(=C/OC2C=C(C)C(=O)O2)[C@H]2C[C@@H]3CCC=C3[C@H]21. The second kappa shape index (κ2) is 5.33. The smallest absolute Gasteiger partial charge is 0.336 e. The van der Waals surface area contributed by atoms with E-state index >= 15 is 0 Å². The molecule has 0 aromatic heterocycles. The highest BCUT2D eigenvalue weighted by Crippen LogP contribution is 2.52. The van der Waals surface area contributed by atoms with Crippen LogP contribution in [0.15, 0.2) is 35.1 Å². The Balaban J connectivity index is 1.61. The van der Waals surface area contributed by atoms with E-state index in [0.29, 0.717) is 17.1 Å². The summed E-state index contributed by atoms with van der Waals surface area (Å²) in [6.45, 7) is 3.07. The van der Waals surface area contributed by atoms with E-state index in [1.165, 1.54) is 23.7 Å². The summed E-state index contributed by atoms with van der Waals surface area (Å²) in [7, 11) is 0. The van der Waals surface area contributed by atoms with Crippen LogP contribution in [-0.4, -0.2) is 35.0 Å². The number of allylic oxidation sites excluding steroid dienone is 1. The lowest BCUT2D eigenvalue weighted by Crippen LogP contribution is -2.38. The van der Waals surface area contributed by atoms with Crippen molar-refractivity contribution in [2.75, 3.05) is 0 Å². The highest BCUT2D eigenvalue weighted by atomic mass is 16.7. The Kier molecular flexibility index (Phi) is 3.37. The van der Waals surface area contributed by atoms with Gasteiger partial charge in [0.15, 0.2) is 0 Å². The van der Waals surface area contributed by atoms with Crippen LogP contribution in [0.5, 0.6) is 0 Å². The molecule has 0 aromatic carbocycles. The third kappa shape index (κ3) is 2.12. The molecule has 2 amide bonds. The van der Waals surface area contributed by atoms with E-state index in [1.807, 2.05) is 0 Å². The summed E-state index contributed by atoms with van der Waals surface area (Å²) >= 11 is 0. The number of hydrogen-bond donors (Lipinski definition) is 0. The maximum atomic E-state index is 12.7. The molecule has 2 heterocycles. The zero-order valence-electron chi connectivity index (χ0n) is 13.7. The number of hydrogen-bond acceptors (Lipinski definition) is 5. The van der Waals surface area contributed by atoms with Gasteiger partial charge in [0.2, 0.25) is 5.91 Å². The topological polar surface area (TPSA) is 72.9 Å². The summed E-state index contributed by atoms with van der Waals surface area (Å²) in [5, 5.41) is 0. The minimum Gasteiger partial charge on any atom is -0.458 e. The molecule has 2 fully saturated rings. The monoisotopic (exact) mass is 329 g/mol. The van der Waals surface area contributed by atoms with E-state index in [0.717, 1.165) is 19.3 Å². The summed E-state index contributed by atoms with van der Waals surface area (Å²) in [4.78, 5) is 37.4. The van der Waals surface area contributed by atoms with E-state index < -0.39 is 12.3 Å². The Morgan fingerprint density at radius 3 is 2.88 bits per heavy atom. The molecular weight excluding hydrogens is 310 g/mol. The van der Waals surface area contributed by atoms with Crippen LogP contribution >= 0.6 is 0 Å². The van der Waals surface area contributed by atoms with Crippen LogP contribution < -0.4 is 0 Å². The molecule has 0 N–H and O–H groups in total. The van der Waals surface area contributed by atoms with Crippen molar-refractivity contribution in [3.05, 3.63) is 35.1 Å². The normalized spacial score (nSPS) is 35.8. The maximum absolute atomic E-state index is 12.7. The molecular formula is C18H19NO5. The van der Waals surface area contributed by atoms with Crippen molar-refractivity contribution in [2.45, 2.75) is 45.4 Å². The van der Waals surface area contributed by atoms with Gasteiger partial charge < -0.3 is 9.47 Å². The van der Waals surface area contributed by atoms with Gasteiger partial charge in [-0.15, -0.1) is 0 Å². The molecule has 0 bridgehead atoms. The van der Waals surface area contributed by atoms with Gasteiger partial charge in [0.1, 0.15) is 0 Å². The Labute approximate surface area is 139 Å². The predicted molar refractivity (Wildman–Crippen MR) is 83.0 cm³/mol. The zero-order valence-corrected chi connectivity index (χ0v) is 13.7. The van der Waals surface area contributed by atoms with Crippen LogP contribution in [-0.2, 0) is 23.9 Å². The van der Waals surface area contributed by atoms with E-state index in [1.54, 1.807) is 13.0 Å². The van der Waals surface area contributed by atoms with Crippen molar-refractivity contribution in [3.63, 3.8) is 0 Å². The van der Waals surface area contributed by atoms with Crippen molar-refractivity contribution in [3.8, 4) is 0 Å². The first-order valence-electron chi connectivity index (χ1n) is 8.26. The largest absolute Gasteiger partial charge is 0.458 e. The Bertz CT molecular complexity index is 732. The summed E-state index contributed by atoms with van der Waals surface area (Å²) < 4.78 is 10.5. The highest BCUT2D eigenvalue weighted by Gasteiger charge is 2.54. The standard InChI is InChI=1S/C18H19NO5/c1-9-6-15(24-18(9)22)23-8-14-13-7-11-4-3-5-12(11)16(13)19(10(2)20)17(14)21/h5-6,8,11,13,15-16H,3-4,7H2,1-2H3/b14-8+/t11-,13+,15?,16+/m0/s1. The number of ether oxygens (including phenoxy) is 2. The van der Waals surface area contributed by atoms with Crippen LogP contribution in [0.3, 0.4) is 0 Å². The van der Waals surface area contributed by atoms with Crippen molar-refractivity contribution in [2.24, 2.45) is 11.8 Å². The van der Waals surface area contributed by atoms with Gasteiger partial charge >= 0.3 is 5.97 Å². The summed E-state index contributed by atoms with van der Waals surface area (Å²) in [6, 6.07) is -0.166. The quantitative estimate of drug-likeness (QED) is 0.334. The molecule has 2 aliphatic carbocycles. The lowest BCUT2D eigenvalue weighted by molar-refractivity contribution is -0.152. The van der Waals surface area contributed by atoms with E-state index in [-0.39, 0.29) is 23.8 Å². The molecule has 4 aliphatic rings. The molecule has 24 heavy (non-hydrogen) atoms. The third-order valence-electron chi connectivity index (χ3n) is 5.37. The molecule has 1 saturated heterocycles. The molecule has 1 saturated carbocycles. The number of amides is 2. The number of likely N-dealkylation sites (tertiary alicyclic amines) is 1. The number of rotatable bonds is 2. The molecule has 1 unspecified atom stereocenters. The molecule has 6 nitrogen and oxygen atoms in total. The number of carbonyl (C=O) groups is 3. The fourth-order valence-corrected chi connectivity index (χ4v) is 4.31. The molecule has 2 aliphatic heterocycles. The molecule has 0 spiro atoms. The first kappa shape index (κ1) is 15.2. The fourth-order valence-electron chi connectivity index (χ4n) is 4.31. The van der Waals surface area contributed by atoms with Gasteiger partial charge in [0.25, 0.3) is 12.2 Å². The number of cyclic esters (lactones) is 1. The van der Waals surface area contributed by atoms with Gasteiger partial charge in [0, 0.05) is 24.5 Å². The number of imide groups is 1. The molecule has 4 rings (SSSR count). The molecule has 126 valence electrons. The number of esters is 1. The number of carbonyl (C=O) groups excluding carboxylic acids is 3. The Morgan fingerprint density at radius 1 is 1.42 bits per heavy atom. The van der Waals surface area contributed by atoms with Gasteiger partial charge in [-0.2, -0.15) is 0 Å². The van der Waals surface area contributed by atoms with Gasteiger partial charge in [-0.05, 0) is 37.7 Å². The van der Waals surface area contributed by atoms with Crippen LogP contribution in [0.2, 0.25) is 0 Å². The summed E-state index contributed by atoms with van der Waals surface area (Å²) in [6.07, 6.45) is 7.29. The summed E-state index contributed by atoms with van der Waals surface area (Å²) in [5.74, 6) is -0.534. The first-order valence-corrected chi connectivity index (χ1v) is 8.26. The van der Waals surface area contributed by atoms with Crippen molar-refractivity contribution >= 4 is 17.8 Å². The van der Waals surface area contributed by atoms with Gasteiger partial charge in [-0.3, -0.25) is 14.5 Å². The van der Waals surface area contributed by atoms with Crippen LogP contribution in [0.4, 0.5) is 0 Å². The molecule has 4 atom stereocenters. The minimum atomic E-state index is -0.803. The van der Waals surface area contributed by atoms with Crippen LogP contribution in [0.1, 0.15) is 33.1 Å². The van der Waals surface area contributed by atoms with Crippen molar-refractivity contribution < 1.29 is 23.9 Å². The maximum Gasteiger partial charge on any atom is 0.336 e. The highest BCUT2D eigenvalue weighted by molar-refractivity contribution is 6.07. The summed E-state index contributed by atoms with van der Waals surface area (Å²) in [5.41, 5.74) is 2.20. The first-order chi connectivity index (χ1) is 11.5. The van der Waals surface area contributed by atoms with Crippen LogP contribution in [0.25, 0.3) is 0 Å². The average molecular weight is 329 g/mol. The Morgan fingerprint density at radius 2 is 2.21 bits per heavy atom. The second-order valence-electron chi connectivity index (χ2n) is 6.79. The van der Waals surface area contributed by atoms with E-state index in [4.69, 9.17) is 9.47 Å². The lowest BCUT2D eigenvalue weighted by Gasteiger charge is -2.21. The van der Waals surface area contributed by atoms with E-state index in [9.17, 15) is 14.4 Å². The molecule has 0 aromatic rings. The van der Waals surface area contributed by atoms with Crippen molar-refractivity contribution in [1.29, 1.82) is 0 Å². The van der Waals surface area contributed by atoms with Crippen molar-refractivity contribution in [1.82, 2.24) is 4.90 Å². The third-order valence-corrected chi connectivity index (χ3v) is 5.37. The number of fused-ring (bicyclic) bond motifs is 3. The second-order valence-corrected chi connectivity index (χ2v) is 6.79. The Hall–Kier alpha value is -2.37. The average Bonchev–Trinajstić information content (AvgIpc) is 3.21. The van der Waals surface area contributed by atoms with Gasteiger partial charge in [-0.25, -0.2) is 4.79 Å². The van der Waals surface area contributed by atoms with Crippen LogP contribution in [0, 0.1) is 11.8 Å². The van der Waals surface area contributed by atoms with E-state index in [2.05, 4.69) is 6.08 Å². The van der Waals surface area contributed by atoms with Gasteiger partial charge in [-0.1, -0.05) is 6.08 Å². The fraction of sp³-hybridized carbons (Fsp3) is 0.500. The molecule has 0 radical (unpaired) electrons.